The van der Waals surface area contributed by atoms with Crippen LogP contribution in [0.3, 0.4) is 0 Å². The van der Waals surface area contributed by atoms with Gasteiger partial charge in [-0.05, 0) is 29.8 Å². The molecule has 0 aliphatic carbocycles. The van der Waals surface area contributed by atoms with E-state index in [4.69, 9.17) is 11.6 Å². The van der Waals surface area contributed by atoms with E-state index in [1.54, 1.807) is 24.5 Å². The molecule has 0 aliphatic heterocycles. The summed E-state index contributed by atoms with van der Waals surface area (Å²) in [5.41, 5.74) is 1.10. The Bertz CT molecular complexity index is 765. The number of methoxy groups -OCH3 is 1. The van der Waals surface area contributed by atoms with Crippen LogP contribution < -0.4 is 10.6 Å². The fourth-order valence-electron chi connectivity index (χ4n) is 1.81. The second kappa shape index (κ2) is 8.07. The highest BCUT2D eigenvalue weighted by atomic mass is 35.5. The van der Waals surface area contributed by atoms with Crippen molar-refractivity contribution in [3.63, 3.8) is 0 Å². The highest BCUT2D eigenvalue weighted by Crippen LogP contribution is 2.23. The van der Waals surface area contributed by atoms with E-state index in [9.17, 15) is 14.4 Å². The smallest absolute Gasteiger partial charge is 0.337 e. The molecule has 124 valence electrons. The number of benzene rings is 1. The Hall–Kier alpha value is -2.93. The van der Waals surface area contributed by atoms with Crippen molar-refractivity contribution in [2.45, 2.75) is 6.54 Å². The lowest BCUT2D eigenvalue weighted by molar-refractivity contribution is -0.136. The summed E-state index contributed by atoms with van der Waals surface area (Å²) in [6, 6.07) is 7.70. The van der Waals surface area contributed by atoms with Crippen molar-refractivity contribution in [1.82, 2.24) is 10.3 Å². The van der Waals surface area contributed by atoms with Gasteiger partial charge in [-0.1, -0.05) is 17.7 Å². The lowest BCUT2D eigenvalue weighted by Gasteiger charge is -2.09. The zero-order valence-electron chi connectivity index (χ0n) is 12.7. The number of anilines is 1. The minimum Gasteiger partial charge on any atom is -0.465 e. The number of aromatic nitrogens is 1. The maximum Gasteiger partial charge on any atom is 0.337 e. The van der Waals surface area contributed by atoms with Crippen molar-refractivity contribution >= 4 is 35.1 Å². The normalized spacial score (nSPS) is 9.92. The predicted molar refractivity (Wildman–Crippen MR) is 87.5 cm³/mol. The molecule has 0 bridgehead atoms. The van der Waals surface area contributed by atoms with Crippen molar-refractivity contribution in [2.75, 3.05) is 12.4 Å². The molecule has 0 fully saturated rings. The zero-order valence-corrected chi connectivity index (χ0v) is 13.5. The van der Waals surface area contributed by atoms with Crippen LogP contribution in [-0.2, 0) is 20.9 Å². The predicted octanol–water partition coefficient (Wildman–Crippen LogP) is 1.78. The van der Waals surface area contributed by atoms with Gasteiger partial charge in [0.1, 0.15) is 0 Å². The van der Waals surface area contributed by atoms with Crippen molar-refractivity contribution in [3.8, 4) is 0 Å². The van der Waals surface area contributed by atoms with E-state index in [0.29, 0.717) is 0 Å². The molecular formula is C16H14ClN3O4. The standard InChI is InChI=1S/C16H14ClN3O4/c1-24-16(23)11-4-5-12(17)13(7-11)20-15(22)14(21)19-9-10-3-2-6-18-8-10/h2-8H,9H2,1H3,(H,19,21)(H,20,22). The average Bonchev–Trinajstić information content (AvgIpc) is 2.61. The van der Waals surface area contributed by atoms with E-state index in [1.807, 2.05) is 0 Å². The van der Waals surface area contributed by atoms with Gasteiger partial charge in [0.2, 0.25) is 0 Å². The van der Waals surface area contributed by atoms with Crippen molar-refractivity contribution < 1.29 is 19.1 Å². The molecule has 2 amide bonds. The number of nitrogens with one attached hydrogen (secondary N) is 2. The Morgan fingerprint density at radius 3 is 2.67 bits per heavy atom. The first-order valence-electron chi connectivity index (χ1n) is 6.87. The summed E-state index contributed by atoms with van der Waals surface area (Å²) in [7, 11) is 1.24. The van der Waals surface area contributed by atoms with Crippen LogP contribution in [0.2, 0.25) is 5.02 Å². The van der Waals surface area contributed by atoms with Crippen LogP contribution in [0.25, 0.3) is 0 Å². The third kappa shape index (κ3) is 4.53. The summed E-state index contributed by atoms with van der Waals surface area (Å²) in [6.45, 7) is 0.163. The Morgan fingerprint density at radius 1 is 1.21 bits per heavy atom. The first-order valence-corrected chi connectivity index (χ1v) is 7.25. The van der Waals surface area contributed by atoms with E-state index in [-0.39, 0.29) is 22.8 Å². The van der Waals surface area contributed by atoms with Gasteiger partial charge in [-0.25, -0.2) is 4.79 Å². The summed E-state index contributed by atoms with van der Waals surface area (Å²) in [6.07, 6.45) is 3.18. The molecule has 7 nitrogen and oxygen atoms in total. The first kappa shape index (κ1) is 17.4. The maximum atomic E-state index is 11.9. The zero-order chi connectivity index (χ0) is 17.5. The maximum absolute atomic E-state index is 11.9. The SMILES string of the molecule is COC(=O)c1ccc(Cl)c(NC(=O)C(=O)NCc2cccnc2)c1. The summed E-state index contributed by atoms with van der Waals surface area (Å²) in [5.74, 6) is -2.32. The molecule has 0 spiro atoms. The van der Waals surface area contributed by atoms with Gasteiger partial charge in [0.25, 0.3) is 0 Å². The minimum atomic E-state index is -0.900. The Morgan fingerprint density at radius 2 is 2.00 bits per heavy atom. The number of rotatable bonds is 4. The molecule has 1 heterocycles. The number of pyridine rings is 1. The number of hydrogen-bond acceptors (Lipinski definition) is 5. The first-order chi connectivity index (χ1) is 11.5. The number of nitrogens with zero attached hydrogens (tertiary/aromatic N) is 1. The lowest BCUT2D eigenvalue weighted by Crippen LogP contribution is -2.35. The molecule has 1 aromatic carbocycles. The van der Waals surface area contributed by atoms with Crippen LogP contribution in [0.4, 0.5) is 5.69 Å². The van der Waals surface area contributed by atoms with E-state index in [1.165, 1.54) is 25.3 Å². The summed E-state index contributed by atoms with van der Waals surface area (Å²) < 4.78 is 4.59. The van der Waals surface area contributed by atoms with Gasteiger partial charge in [0.05, 0.1) is 23.4 Å². The molecule has 0 saturated heterocycles. The fraction of sp³-hybridized carbons (Fsp3) is 0.125. The second-order valence-corrected chi connectivity index (χ2v) is 5.09. The molecule has 0 aliphatic rings. The molecule has 2 rings (SSSR count). The van der Waals surface area contributed by atoms with Crippen molar-refractivity contribution in [1.29, 1.82) is 0 Å². The Labute approximate surface area is 143 Å². The van der Waals surface area contributed by atoms with E-state index in [0.717, 1.165) is 5.56 Å². The number of hydrogen-bond donors (Lipinski definition) is 2. The van der Waals surface area contributed by atoms with Gasteiger partial charge in [-0.3, -0.25) is 14.6 Å². The molecule has 0 saturated carbocycles. The number of amides is 2. The lowest BCUT2D eigenvalue weighted by atomic mass is 10.2. The van der Waals surface area contributed by atoms with Gasteiger partial charge in [-0.15, -0.1) is 0 Å². The Kier molecular flexibility index (Phi) is 5.86. The van der Waals surface area contributed by atoms with Crippen LogP contribution in [0.5, 0.6) is 0 Å². The average molecular weight is 348 g/mol. The van der Waals surface area contributed by atoms with Crippen molar-refractivity contribution in [3.05, 3.63) is 58.9 Å². The highest BCUT2D eigenvalue weighted by molar-refractivity contribution is 6.41. The largest absolute Gasteiger partial charge is 0.465 e. The van der Waals surface area contributed by atoms with E-state index >= 15 is 0 Å². The third-order valence-corrected chi connectivity index (χ3v) is 3.35. The molecule has 1 aromatic heterocycles. The molecule has 0 radical (unpaired) electrons. The van der Waals surface area contributed by atoms with Crippen LogP contribution in [-0.4, -0.2) is 29.9 Å². The Balaban J connectivity index is 2.00. The van der Waals surface area contributed by atoms with Crippen LogP contribution in [0.15, 0.2) is 42.7 Å². The van der Waals surface area contributed by atoms with Crippen molar-refractivity contribution in [2.24, 2.45) is 0 Å². The number of ether oxygens (including phenoxy) is 1. The van der Waals surface area contributed by atoms with Gasteiger partial charge >= 0.3 is 17.8 Å². The number of halogens is 1. The molecule has 2 aromatic rings. The van der Waals surface area contributed by atoms with Gasteiger partial charge in [0.15, 0.2) is 0 Å². The summed E-state index contributed by atoms with van der Waals surface area (Å²) in [4.78, 5) is 39.2. The van der Waals surface area contributed by atoms with Gasteiger partial charge < -0.3 is 15.4 Å². The topological polar surface area (TPSA) is 97.4 Å². The minimum absolute atomic E-state index is 0.140. The molecular weight excluding hydrogens is 334 g/mol. The van der Waals surface area contributed by atoms with Crippen LogP contribution in [0.1, 0.15) is 15.9 Å². The quantitative estimate of drug-likeness (QED) is 0.649. The van der Waals surface area contributed by atoms with Gasteiger partial charge in [-0.2, -0.15) is 0 Å². The molecule has 0 atom stereocenters. The molecule has 8 heteroatoms. The molecule has 0 unspecified atom stereocenters. The summed E-state index contributed by atoms with van der Waals surface area (Å²) in [5, 5.41) is 5.01. The van der Waals surface area contributed by atoms with Crippen LogP contribution >= 0.6 is 11.6 Å². The fourth-order valence-corrected chi connectivity index (χ4v) is 1.98. The van der Waals surface area contributed by atoms with E-state index in [2.05, 4.69) is 20.4 Å². The molecule has 24 heavy (non-hydrogen) atoms. The van der Waals surface area contributed by atoms with Gasteiger partial charge in [0, 0.05) is 18.9 Å². The highest BCUT2D eigenvalue weighted by Gasteiger charge is 2.16. The number of carbonyl (C=O) groups excluding carboxylic acids is 3. The van der Waals surface area contributed by atoms with Crippen LogP contribution in [0, 0.1) is 0 Å². The monoisotopic (exact) mass is 347 g/mol. The molecule has 2 N–H and O–H groups in total. The van der Waals surface area contributed by atoms with E-state index < -0.39 is 17.8 Å². The summed E-state index contributed by atoms with van der Waals surface area (Å²) >= 11 is 5.96. The third-order valence-electron chi connectivity index (χ3n) is 3.02. The second-order valence-electron chi connectivity index (χ2n) is 4.68. The number of carbonyl (C=O) groups is 3. The number of esters is 1.